The van der Waals surface area contributed by atoms with E-state index in [9.17, 15) is 8.78 Å². The summed E-state index contributed by atoms with van der Waals surface area (Å²) in [6.45, 7) is 0. The van der Waals surface area contributed by atoms with Crippen molar-refractivity contribution in [3.63, 3.8) is 0 Å². The highest BCUT2D eigenvalue weighted by molar-refractivity contribution is 7.80. The van der Waals surface area contributed by atoms with Crippen molar-refractivity contribution >= 4 is 34.1 Å². The van der Waals surface area contributed by atoms with E-state index in [0.717, 1.165) is 0 Å². The lowest BCUT2D eigenvalue weighted by atomic mass is 10.2. The van der Waals surface area contributed by atoms with Gasteiger partial charge in [-0.15, -0.1) is 24.0 Å². The van der Waals surface area contributed by atoms with Crippen LogP contribution in [-0.2, 0) is 0 Å². The molecule has 1 aromatic carbocycles. The number of rotatable bonds is 0. The quantitative estimate of drug-likeness (QED) is 0.621. The molecule has 0 unspecified atom stereocenters. The molecule has 0 spiro atoms. The van der Waals surface area contributed by atoms with Gasteiger partial charge in [-0.25, -0.2) is 8.78 Å². The van der Waals surface area contributed by atoms with Gasteiger partial charge in [-0.2, -0.15) is 0 Å². The molecule has 0 radical (unpaired) electrons. The number of hydrogen-bond acceptors (Lipinski definition) is 2. The summed E-state index contributed by atoms with van der Waals surface area (Å²) in [5.74, 6) is -1.18. The zero-order chi connectivity index (χ0) is 8.72. The van der Waals surface area contributed by atoms with E-state index in [1.54, 1.807) is 11.4 Å². The van der Waals surface area contributed by atoms with E-state index in [1.165, 1.54) is 17.4 Å². The molecule has 1 heterocycles. The molecule has 0 fully saturated rings. The van der Waals surface area contributed by atoms with Crippen LogP contribution in [0.3, 0.4) is 0 Å². The van der Waals surface area contributed by atoms with Gasteiger partial charge in [0, 0.05) is 0 Å². The molecule has 0 atom stereocenters. The lowest BCUT2D eigenvalue weighted by Crippen LogP contribution is -1.83. The van der Waals surface area contributed by atoms with Crippen LogP contribution in [0.5, 0.6) is 0 Å². The molecule has 62 valence electrons. The second-order valence-corrected chi connectivity index (χ2v) is 3.72. The molecule has 0 nitrogen and oxygen atoms in total. The van der Waals surface area contributed by atoms with Gasteiger partial charge in [-0.1, -0.05) is 0 Å². The van der Waals surface area contributed by atoms with Crippen molar-refractivity contribution in [2.45, 2.75) is 4.90 Å². The fraction of sp³-hybridized carbons (Fsp3) is 0. The number of fused-ring (bicyclic) bond motifs is 1. The Morgan fingerprint density at radius 2 is 2.08 bits per heavy atom. The van der Waals surface area contributed by atoms with E-state index >= 15 is 0 Å². The molecule has 1 aromatic heterocycles. The Balaban J connectivity index is 2.94. The van der Waals surface area contributed by atoms with Crippen molar-refractivity contribution in [1.29, 1.82) is 0 Å². The fourth-order valence-corrected chi connectivity index (χ4v) is 2.10. The number of thiol groups is 1. The van der Waals surface area contributed by atoms with Crippen molar-refractivity contribution in [3.05, 3.63) is 29.1 Å². The van der Waals surface area contributed by atoms with Crippen LogP contribution >= 0.6 is 24.0 Å². The molecule has 0 bridgehead atoms. The molecule has 0 aliphatic heterocycles. The van der Waals surface area contributed by atoms with Crippen molar-refractivity contribution < 1.29 is 8.78 Å². The Morgan fingerprint density at radius 3 is 2.83 bits per heavy atom. The topological polar surface area (TPSA) is 0 Å². The van der Waals surface area contributed by atoms with Crippen LogP contribution in [0.4, 0.5) is 8.78 Å². The van der Waals surface area contributed by atoms with Gasteiger partial charge in [0.2, 0.25) is 0 Å². The summed E-state index contributed by atoms with van der Waals surface area (Å²) in [7, 11) is 0. The minimum Gasteiger partial charge on any atom is -0.206 e. The molecule has 0 aliphatic carbocycles. The first kappa shape index (κ1) is 8.01. The zero-order valence-electron chi connectivity index (χ0n) is 5.84. The highest BCUT2D eigenvalue weighted by atomic mass is 32.1. The standard InChI is InChI=1S/C8H4F2S2/c9-5-3-4-1-2-12-8(4)6(10)7(5)11/h1-3,11H. The van der Waals surface area contributed by atoms with Crippen molar-refractivity contribution in [2.75, 3.05) is 0 Å². The van der Waals surface area contributed by atoms with E-state index in [0.29, 0.717) is 10.1 Å². The average Bonchev–Trinajstić information content (AvgIpc) is 2.48. The van der Waals surface area contributed by atoms with Crippen LogP contribution in [0.15, 0.2) is 22.4 Å². The van der Waals surface area contributed by atoms with Crippen LogP contribution in [-0.4, -0.2) is 0 Å². The van der Waals surface area contributed by atoms with Gasteiger partial charge in [0.05, 0.1) is 9.60 Å². The molecule has 0 N–H and O–H groups in total. The molecule has 2 aromatic rings. The summed E-state index contributed by atoms with van der Waals surface area (Å²) < 4.78 is 26.5. The molecule has 2 rings (SSSR count). The summed E-state index contributed by atoms with van der Waals surface area (Å²) in [6, 6.07) is 2.97. The van der Waals surface area contributed by atoms with Crippen molar-refractivity contribution in [1.82, 2.24) is 0 Å². The minimum atomic E-state index is -0.610. The van der Waals surface area contributed by atoms with E-state index < -0.39 is 11.6 Å². The smallest absolute Gasteiger partial charge is 0.157 e. The minimum absolute atomic E-state index is 0.204. The maximum absolute atomic E-state index is 13.2. The van der Waals surface area contributed by atoms with Gasteiger partial charge in [0.15, 0.2) is 5.82 Å². The van der Waals surface area contributed by atoms with Gasteiger partial charge >= 0.3 is 0 Å². The number of halogens is 2. The maximum Gasteiger partial charge on any atom is 0.157 e. The Hall–Kier alpha value is -0.610. The lowest BCUT2D eigenvalue weighted by Gasteiger charge is -1.97. The van der Waals surface area contributed by atoms with E-state index in [1.807, 2.05) is 0 Å². The number of thiophene rings is 1. The van der Waals surface area contributed by atoms with Crippen LogP contribution in [0, 0.1) is 11.6 Å². The predicted molar refractivity (Wildman–Crippen MR) is 49.0 cm³/mol. The Labute approximate surface area is 77.2 Å². The molecular weight excluding hydrogens is 198 g/mol. The first-order valence-electron chi connectivity index (χ1n) is 3.24. The van der Waals surface area contributed by atoms with Gasteiger partial charge in [0.1, 0.15) is 5.82 Å². The third kappa shape index (κ3) is 1.03. The number of hydrogen-bond donors (Lipinski definition) is 1. The van der Waals surface area contributed by atoms with Crippen molar-refractivity contribution in [2.24, 2.45) is 0 Å². The molecule has 0 saturated carbocycles. The Bertz CT molecular complexity index is 434. The van der Waals surface area contributed by atoms with Gasteiger partial charge in [-0.3, -0.25) is 0 Å². The summed E-state index contributed by atoms with van der Waals surface area (Å²) in [5, 5.41) is 2.31. The van der Waals surface area contributed by atoms with Crippen LogP contribution in [0.1, 0.15) is 0 Å². The van der Waals surface area contributed by atoms with E-state index in [4.69, 9.17) is 0 Å². The maximum atomic E-state index is 13.2. The summed E-state index contributed by atoms with van der Waals surface area (Å²) in [6.07, 6.45) is 0. The highest BCUT2D eigenvalue weighted by Crippen LogP contribution is 2.29. The van der Waals surface area contributed by atoms with Gasteiger partial charge in [-0.05, 0) is 22.9 Å². The molecule has 4 heteroatoms. The first-order valence-corrected chi connectivity index (χ1v) is 4.57. The second-order valence-electron chi connectivity index (χ2n) is 2.36. The lowest BCUT2D eigenvalue weighted by molar-refractivity contribution is 0.552. The monoisotopic (exact) mass is 202 g/mol. The van der Waals surface area contributed by atoms with Crippen LogP contribution in [0.2, 0.25) is 0 Å². The fourth-order valence-electron chi connectivity index (χ4n) is 1.03. The van der Waals surface area contributed by atoms with Gasteiger partial charge in [0.25, 0.3) is 0 Å². The number of benzene rings is 1. The summed E-state index contributed by atoms with van der Waals surface area (Å²) in [5.41, 5.74) is 0. The summed E-state index contributed by atoms with van der Waals surface area (Å²) in [4.78, 5) is -0.204. The largest absolute Gasteiger partial charge is 0.206 e. The zero-order valence-corrected chi connectivity index (χ0v) is 7.55. The summed E-state index contributed by atoms with van der Waals surface area (Å²) >= 11 is 4.97. The Morgan fingerprint density at radius 1 is 1.33 bits per heavy atom. The molecule has 0 amide bonds. The first-order chi connectivity index (χ1) is 5.70. The van der Waals surface area contributed by atoms with Crippen LogP contribution < -0.4 is 0 Å². The third-order valence-corrected chi connectivity index (χ3v) is 2.94. The predicted octanol–water partition coefficient (Wildman–Crippen LogP) is 3.47. The normalized spacial score (nSPS) is 10.9. The van der Waals surface area contributed by atoms with Gasteiger partial charge < -0.3 is 0 Å². The molecule has 12 heavy (non-hydrogen) atoms. The molecule has 0 aliphatic rings. The van der Waals surface area contributed by atoms with Crippen LogP contribution in [0.25, 0.3) is 10.1 Å². The highest BCUT2D eigenvalue weighted by Gasteiger charge is 2.10. The molecular formula is C8H4F2S2. The van der Waals surface area contributed by atoms with Crippen molar-refractivity contribution in [3.8, 4) is 0 Å². The second kappa shape index (κ2) is 2.71. The SMILES string of the molecule is Fc1cc2ccsc2c(F)c1S. The average molecular weight is 202 g/mol. The molecule has 0 saturated heterocycles. The van der Waals surface area contributed by atoms with E-state index in [2.05, 4.69) is 12.6 Å². The third-order valence-electron chi connectivity index (χ3n) is 1.61. The Kier molecular flexibility index (Phi) is 1.81. The van der Waals surface area contributed by atoms with E-state index in [-0.39, 0.29) is 4.90 Å².